The summed E-state index contributed by atoms with van der Waals surface area (Å²) in [7, 11) is 0. The Balaban J connectivity index is 1.32. The number of aliphatic carboxylic acids is 1. The van der Waals surface area contributed by atoms with Crippen LogP contribution in [0.2, 0.25) is 0 Å². The summed E-state index contributed by atoms with van der Waals surface area (Å²) in [6, 6.07) is 20.9. The lowest BCUT2D eigenvalue weighted by Crippen LogP contribution is -2.32. The van der Waals surface area contributed by atoms with Crippen LogP contribution < -0.4 is 10.1 Å². The second-order valence-electron chi connectivity index (χ2n) is 9.09. The van der Waals surface area contributed by atoms with Crippen LogP contribution in [0.25, 0.3) is 22.3 Å². The van der Waals surface area contributed by atoms with Crippen LogP contribution in [0.5, 0.6) is 5.88 Å². The molecule has 4 aromatic rings. The predicted molar refractivity (Wildman–Crippen MR) is 139 cm³/mol. The molecule has 0 aliphatic rings. The number of carboxylic acids is 1. The number of carboxylic acid groups (broad SMARTS) is 1. The minimum absolute atomic E-state index is 0.00106. The van der Waals surface area contributed by atoms with Gasteiger partial charge in [0, 0.05) is 47.3 Å². The third-order valence-electron chi connectivity index (χ3n) is 6.02. The SMILES string of the molecule is CC(C)[C@@H](COc1ccc(-c2cc3ccccc3o2)cn1)Nc1ccc(C(=O)CCCC(=O)O)cc1. The molecule has 7 heteroatoms. The van der Waals surface area contributed by atoms with Crippen LogP contribution in [0.15, 0.2) is 77.3 Å². The molecule has 36 heavy (non-hydrogen) atoms. The van der Waals surface area contributed by atoms with Gasteiger partial charge in [-0.05, 0) is 54.8 Å². The number of nitrogens with one attached hydrogen (secondary N) is 1. The second kappa shape index (κ2) is 11.5. The van der Waals surface area contributed by atoms with E-state index in [0.717, 1.165) is 28.0 Å². The Morgan fingerprint density at radius 2 is 1.81 bits per heavy atom. The van der Waals surface area contributed by atoms with Crippen LogP contribution in [0, 0.1) is 5.92 Å². The molecule has 0 bridgehead atoms. The van der Waals surface area contributed by atoms with E-state index in [1.54, 1.807) is 18.3 Å². The number of pyridine rings is 1. The summed E-state index contributed by atoms with van der Waals surface area (Å²) in [5.74, 6) is 0.646. The van der Waals surface area contributed by atoms with Crippen LogP contribution in [0.1, 0.15) is 43.5 Å². The zero-order chi connectivity index (χ0) is 25.5. The van der Waals surface area contributed by atoms with Crippen molar-refractivity contribution in [1.82, 2.24) is 4.98 Å². The highest BCUT2D eigenvalue weighted by Crippen LogP contribution is 2.28. The van der Waals surface area contributed by atoms with Gasteiger partial charge in [0.05, 0.1) is 6.04 Å². The number of ketones is 1. The lowest BCUT2D eigenvalue weighted by atomic mass is 10.0. The number of furan rings is 1. The van der Waals surface area contributed by atoms with Gasteiger partial charge in [0.25, 0.3) is 0 Å². The number of nitrogens with zero attached hydrogens (tertiary/aromatic N) is 1. The maximum Gasteiger partial charge on any atom is 0.303 e. The minimum Gasteiger partial charge on any atom is -0.481 e. The number of carbonyl (C=O) groups is 2. The number of benzene rings is 2. The third-order valence-corrected chi connectivity index (χ3v) is 6.02. The van der Waals surface area contributed by atoms with Crippen molar-refractivity contribution in [1.29, 1.82) is 0 Å². The smallest absolute Gasteiger partial charge is 0.303 e. The van der Waals surface area contributed by atoms with Gasteiger partial charge in [-0.15, -0.1) is 0 Å². The van der Waals surface area contributed by atoms with Crippen LogP contribution in [0.4, 0.5) is 5.69 Å². The summed E-state index contributed by atoms with van der Waals surface area (Å²) < 4.78 is 11.9. The monoisotopic (exact) mass is 486 g/mol. The van der Waals surface area contributed by atoms with Crippen LogP contribution in [-0.4, -0.2) is 34.5 Å². The van der Waals surface area contributed by atoms with E-state index in [9.17, 15) is 9.59 Å². The minimum atomic E-state index is -0.887. The zero-order valence-electron chi connectivity index (χ0n) is 20.4. The number of carbonyl (C=O) groups excluding carboxylic acids is 1. The highest BCUT2D eigenvalue weighted by atomic mass is 16.5. The van der Waals surface area contributed by atoms with E-state index in [2.05, 4.69) is 24.1 Å². The number of anilines is 1. The summed E-state index contributed by atoms with van der Waals surface area (Å²) in [5, 5.41) is 13.2. The first kappa shape index (κ1) is 25.0. The number of aromatic nitrogens is 1. The van der Waals surface area contributed by atoms with E-state index in [4.69, 9.17) is 14.3 Å². The van der Waals surface area contributed by atoms with Crippen molar-refractivity contribution >= 4 is 28.4 Å². The van der Waals surface area contributed by atoms with Crippen LogP contribution in [-0.2, 0) is 4.79 Å². The maximum atomic E-state index is 12.2. The first-order chi connectivity index (χ1) is 17.4. The van der Waals surface area contributed by atoms with Crippen molar-refractivity contribution in [2.45, 2.75) is 39.2 Å². The van der Waals surface area contributed by atoms with Gasteiger partial charge in [-0.25, -0.2) is 4.98 Å². The van der Waals surface area contributed by atoms with Crippen LogP contribution in [0.3, 0.4) is 0 Å². The number of fused-ring (bicyclic) bond motifs is 1. The van der Waals surface area contributed by atoms with Gasteiger partial charge in [-0.2, -0.15) is 0 Å². The van der Waals surface area contributed by atoms with Gasteiger partial charge in [0.15, 0.2) is 5.78 Å². The molecule has 1 atom stereocenters. The predicted octanol–water partition coefficient (Wildman–Crippen LogP) is 6.45. The molecule has 7 nitrogen and oxygen atoms in total. The second-order valence-corrected chi connectivity index (χ2v) is 9.09. The quantitative estimate of drug-likeness (QED) is 0.222. The van der Waals surface area contributed by atoms with Crippen LogP contribution >= 0.6 is 0 Å². The number of rotatable bonds is 12. The van der Waals surface area contributed by atoms with Crippen molar-refractivity contribution < 1.29 is 23.8 Å². The highest BCUT2D eigenvalue weighted by Gasteiger charge is 2.16. The van der Waals surface area contributed by atoms with Gasteiger partial charge < -0.3 is 19.6 Å². The third kappa shape index (κ3) is 6.50. The number of para-hydroxylation sites is 1. The summed E-state index contributed by atoms with van der Waals surface area (Å²) in [5.41, 5.74) is 3.19. The maximum absolute atomic E-state index is 12.2. The normalized spacial score (nSPS) is 12.0. The van der Waals surface area contributed by atoms with Gasteiger partial charge in [-0.1, -0.05) is 32.0 Å². The Morgan fingerprint density at radius 1 is 1.03 bits per heavy atom. The van der Waals surface area contributed by atoms with E-state index in [0.29, 0.717) is 24.5 Å². The topological polar surface area (TPSA) is 102 Å². The van der Waals surface area contributed by atoms with Gasteiger partial charge in [0.1, 0.15) is 18.0 Å². The number of hydrogen-bond acceptors (Lipinski definition) is 6. The first-order valence-corrected chi connectivity index (χ1v) is 12.1. The van der Waals surface area contributed by atoms with Gasteiger partial charge >= 0.3 is 5.97 Å². The fourth-order valence-corrected chi connectivity index (χ4v) is 3.82. The molecule has 0 aliphatic carbocycles. The molecule has 0 amide bonds. The van der Waals surface area contributed by atoms with Crippen molar-refractivity contribution in [2.75, 3.05) is 11.9 Å². The Morgan fingerprint density at radius 3 is 2.47 bits per heavy atom. The fourth-order valence-electron chi connectivity index (χ4n) is 3.82. The molecule has 2 aromatic heterocycles. The van der Waals surface area contributed by atoms with Crippen molar-refractivity contribution in [3.63, 3.8) is 0 Å². The average Bonchev–Trinajstić information content (AvgIpc) is 3.31. The van der Waals surface area contributed by atoms with E-state index in [1.807, 2.05) is 54.6 Å². The van der Waals surface area contributed by atoms with Crippen molar-refractivity contribution in [2.24, 2.45) is 5.92 Å². The molecule has 0 unspecified atom stereocenters. The Kier molecular flexibility index (Phi) is 8.00. The highest BCUT2D eigenvalue weighted by molar-refractivity contribution is 5.96. The molecule has 0 fully saturated rings. The molecular weight excluding hydrogens is 456 g/mol. The van der Waals surface area contributed by atoms with Crippen molar-refractivity contribution in [3.05, 3.63) is 78.5 Å². The summed E-state index contributed by atoms with van der Waals surface area (Å²) in [4.78, 5) is 27.3. The molecule has 2 N–H and O–H groups in total. The molecular formula is C29H30N2O5. The fraction of sp³-hybridized carbons (Fsp3) is 0.276. The molecule has 0 aliphatic heterocycles. The molecule has 0 spiro atoms. The summed E-state index contributed by atoms with van der Waals surface area (Å²) >= 11 is 0. The number of Topliss-reactive ketones (excluding diaryl/α,β-unsaturated/α-hetero) is 1. The lowest BCUT2D eigenvalue weighted by Gasteiger charge is -2.23. The lowest BCUT2D eigenvalue weighted by molar-refractivity contribution is -0.137. The van der Waals surface area contributed by atoms with E-state index in [1.165, 1.54) is 0 Å². The number of ether oxygens (including phenoxy) is 1. The summed E-state index contributed by atoms with van der Waals surface area (Å²) in [6.45, 7) is 4.64. The first-order valence-electron chi connectivity index (χ1n) is 12.1. The average molecular weight is 487 g/mol. The van der Waals surface area contributed by atoms with E-state index < -0.39 is 5.97 Å². The molecule has 0 saturated carbocycles. The zero-order valence-corrected chi connectivity index (χ0v) is 20.4. The Hall–Kier alpha value is -4.13. The Labute approximate surface area is 210 Å². The van der Waals surface area contributed by atoms with Gasteiger partial charge in [-0.3, -0.25) is 9.59 Å². The number of hydrogen-bond donors (Lipinski definition) is 2. The van der Waals surface area contributed by atoms with E-state index >= 15 is 0 Å². The standard InChI is InChI=1S/C29H30N2O5/c1-19(2)24(31-23-13-10-20(11-14-23)25(32)7-5-9-29(33)34)18-35-28-15-12-22(17-30-28)27-16-21-6-3-4-8-26(21)36-27/h3-4,6,8,10-17,19,24,31H,5,7,9,18H2,1-2H3,(H,33,34)/t24-/m1/s1. The summed E-state index contributed by atoms with van der Waals surface area (Å²) in [6.07, 6.45) is 2.31. The van der Waals surface area contributed by atoms with E-state index in [-0.39, 0.29) is 30.6 Å². The molecule has 4 rings (SSSR count). The molecule has 0 radical (unpaired) electrons. The molecule has 186 valence electrons. The van der Waals surface area contributed by atoms with Gasteiger partial charge in [0.2, 0.25) is 5.88 Å². The molecule has 0 saturated heterocycles. The largest absolute Gasteiger partial charge is 0.481 e. The van der Waals surface area contributed by atoms with Crippen molar-refractivity contribution in [3.8, 4) is 17.2 Å². The molecule has 2 heterocycles. The molecule has 2 aromatic carbocycles. The Bertz CT molecular complexity index is 1280.